The van der Waals surface area contributed by atoms with E-state index in [1.54, 1.807) is 0 Å². The predicted octanol–water partition coefficient (Wildman–Crippen LogP) is 1.95. The van der Waals surface area contributed by atoms with Gasteiger partial charge in [0.2, 0.25) is 0 Å². The lowest BCUT2D eigenvalue weighted by atomic mass is 9.95. The zero-order valence-corrected chi connectivity index (χ0v) is 13.3. The first-order valence-electron chi connectivity index (χ1n) is 7.59. The van der Waals surface area contributed by atoms with Crippen molar-refractivity contribution in [2.24, 2.45) is 11.7 Å². The Morgan fingerprint density at radius 2 is 2.05 bits per heavy atom. The van der Waals surface area contributed by atoms with E-state index in [4.69, 9.17) is 5.73 Å². The van der Waals surface area contributed by atoms with Gasteiger partial charge < -0.3 is 16.0 Å². The first kappa shape index (κ1) is 15.8. The minimum absolute atomic E-state index is 0.0107. The Labute approximate surface area is 125 Å². The van der Waals surface area contributed by atoms with Crippen LogP contribution in [-0.2, 0) is 6.42 Å². The first-order valence-corrected chi connectivity index (χ1v) is 7.59. The zero-order valence-electron chi connectivity index (χ0n) is 13.3. The van der Waals surface area contributed by atoms with Crippen LogP contribution in [0.15, 0.2) is 0 Å². The third kappa shape index (κ3) is 2.88. The zero-order chi connectivity index (χ0) is 15.8. The van der Waals surface area contributed by atoms with Crippen molar-refractivity contribution in [3.8, 4) is 0 Å². The Hall–Kier alpha value is -1.62. The average molecular weight is 291 g/mol. The van der Waals surface area contributed by atoms with Crippen LogP contribution in [0, 0.1) is 12.8 Å². The molecule has 1 unspecified atom stereocenters. The number of carbonyl (C=O) groups is 2. The molecule has 1 aliphatic rings. The number of amides is 1. The minimum Gasteiger partial charge on any atom is -0.354 e. The summed E-state index contributed by atoms with van der Waals surface area (Å²) in [5, 5.41) is 3.07. The Kier molecular flexibility index (Phi) is 4.23. The molecule has 0 aliphatic heterocycles. The van der Waals surface area contributed by atoms with E-state index in [9.17, 15) is 9.59 Å². The highest BCUT2D eigenvalue weighted by molar-refractivity contribution is 6.02. The highest BCUT2D eigenvalue weighted by Gasteiger charge is 2.42. The fourth-order valence-electron chi connectivity index (χ4n) is 3.06. The molecule has 0 aromatic carbocycles. The second kappa shape index (κ2) is 5.64. The molecule has 0 bridgehead atoms. The van der Waals surface area contributed by atoms with Crippen molar-refractivity contribution in [3.05, 3.63) is 22.5 Å². The fraction of sp³-hybridized carbons (Fsp3) is 0.625. The Morgan fingerprint density at radius 1 is 1.43 bits per heavy atom. The number of carbonyl (C=O) groups excluding carboxylic acids is 2. The molecule has 21 heavy (non-hydrogen) atoms. The monoisotopic (exact) mass is 291 g/mol. The van der Waals surface area contributed by atoms with Gasteiger partial charge in [-0.2, -0.15) is 0 Å². The molecule has 0 radical (unpaired) electrons. The van der Waals surface area contributed by atoms with Gasteiger partial charge in [0.15, 0.2) is 5.78 Å². The van der Waals surface area contributed by atoms with Crippen LogP contribution in [0.3, 0.4) is 0 Å². The summed E-state index contributed by atoms with van der Waals surface area (Å²) < 4.78 is 0. The van der Waals surface area contributed by atoms with Crippen molar-refractivity contribution in [2.75, 3.05) is 6.54 Å². The molecular weight excluding hydrogens is 266 g/mol. The summed E-state index contributed by atoms with van der Waals surface area (Å²) in [6.45, 7) is 7.73. The van der Waals surface area contributed by atoms with E-state index in [0.717, 1.165) is 24.1 Å². The molecule has 1 saturated carbocycles. The molecule has 5 heteroatoms. The number of H-pyrrole nitrogens is 1. The summed E-state index contributed by atoms with van der Waals surface area (Å²) in [4.78, 5) is 27.5. The molecule has 1 aliphatic carbocycles. The number of aryl methyl sites for hydroxylation is 1. The van der Waals surface area contributed by atoms with Crippen LogP contribution in [0.2, 0.25) is 0 Å². The minimum atomic E-state index is -0.364. The smallest absolute Gasteiger partial charge is 0.268 e. The lowest BCUT2D eigenvalue weighted by Crippen LogP contribution is -2.53. The molecule has 1 heterocycles. The molecule has 0 saturated heterocycles. The molecule has 1 aromatic rings. The number of Topliss-reactive ketones (excluding diaryl/α,β-unsaturated/α-hetero) is 1. The van der Waals surface area contributed by atoms with Crippen LogP contribution >= 0.6 is 0 Å². The maximum atomic E-state index is 12.6. The Balaban J connectivity index is 2.31. The van der Waals surface area contributed by atoms with E-state index in [1.807, 2.05) is 20.8 Å². The maximum absolute atomic E-state index is 12.6. The van der Waals surface area contributed by atoms with E-state index in [2.05, 4.69) is 10.3 Å². The SMILES string of the molecule is CCc1c(C(=O)NC(C)(CN)C2CC2)[nH]c(C)c1C(C)=O. The predicted molar refractivity (Wildman–Crippen MR) is 82.6 cm³/mol. The third-order valence-electron chi connectivity index (χ3n) is 4.53. The van der Waals surface area contributed by atoms with E-state index in [-0.39, 0.29) is 17.2 Å². The number of nitrogens with one attached hydrogen (secondary N) is 2. The largest absolute Gasteiger partial charge is 0.354 e. The van der Waals surface area contributed by atoms with Crippen molar-refractivity contribution < 1.29 is 9.59 Å². The lowest BCUT2D eigenvalue weighted by molar-refractivity contribution is 0.0892. The van der Waals surface area contributed by atoms with Crippen molar-refractivity contribution >= 4 is 11.7 Å². The van der Waals surface area contributed by atoms with E-state index >= 15 is 0 Å². The number of hydrogen-bond acceptors (Lipinski definition) is 3. The number of ketones is 1. The van der Waals surface area contributed by atoms with Crippen molar-refractivity contribution in [3.63, 3.8) is 0 Å². The molecule has 5 nitrogen and oxygen atoms in total. The normalized spacial score (nSPS) is 17.4. The van der Waals surface area contributed by atoms with E-state index in [1.165, 1.54) is 6.92 Å². The Morgan fingerprint density at radius 3 is 2.48 bits per heavy atom. The highest BCUT2D eigenvalue weighted by atomic mass is 16.2. The van der Waals surface area contributed by atoms with Gasteiger partial charge >= 0.3 is 0 Å². The Bertz CT molecular complexity index is 572. The summed E-state index contributed by atoms with van der Waals surface area (Å²) in [6.07, 6.45) is 2.86. The molecular formula is C16H25N3O2. The van der Waals surface area contributed by atoms with Gasteiger partial charge in [-0.1, -0.05) is 6.92 Å². The van der Waals surface area contributed by atoms with Crippen LogP contribution in [-0.4, -0.2) is 28.8 Å². The molecule has 1 fully saturated rings. The quantitative estimate of drug-likeness (QED) is 0.700. The molecule has 0 spiro atoms. The molecule has 1 atom stereocenters. The maximum Gasteiger partial charge on any atom is 0.268 e. The average Bonchev–Trinajstić information content (AvgIpc) is 3.21. The molecule has 1 aromatic heterocycles. The molecule has 2 rings (SSSR count). The topological polar surface area (TPSA) is 88.0 Å². The highest BCUT2D eigenvalue weighted by Crippen LogP contribution is 2.39. The van der Waals surface area contributed by atoms with Crippen molar-refractivity contribution in [1.82, 2.24) is 10.3 Å². The van der Waals surface area contributed by atoms with Gasteiger partial charge in [0, 0.05) is 17.8 Å². The van der Waals surface area contributed by atoms with Crippen LogP contribution in [0.1, 0.15) is 65.7 Å². The van der Waals surface area contributed by atoms with Crippen LogP contribution in [0.4, 0.5) is 0 Å². The number of rotatable bonds is 6. The summed E-state index contributed by atoms with van der Waals surface area (Å²) in [5.74, 6) is 0.283. The molecule has 4 N–H and O–H groups in total. The van der Waals surface area contributed by atoms with Gasteiger partial charge in [0.1, 0.15) is 5.69 Å². The summed E-state index contributed by atoms with van der Waals surface area (Å²) in [5.41, 5.74) is 8.18. The van der Waals surface area contributed by atoms with Crippen molar-refractivity contribution in [2.45, 2.75) is 52.5 Å². The summed E-state index contributed by atoms with van der Waals surface area (Å²) >= 11 is 0. The van der Waals surface area contributed by atoms with E-state index < -0.39 is 0 Å². The number of nitrogens with two attached hydrogens (primary N) is 1. The fourth-order valence-corrected chi connectivity index (χ4v) is 3.06. The second-order valence-corrected chi connectivity index (χ2v) is 6.24. The standard InChI is InChI=1S/C16H25N3O2/c1-5-12-13(10(3)20)9(2)18-14(12)15(21)19-16(4,8-17)11-6-7-11/h11,18H,5-8,17H2,1-4H3,(H,19,21). The van der Waals surface area contributed by atoms with Crippen LogP contribution < -0.4 is 11.1 Å². The van der Waals surface area contributed by atoms with Gasteiger partial charge in [0.25, 0.3) is 5.91 Å². The number of hydrogen-bond donors (Lipinski definition) is 3. The van der Waals surface area contributed by atoms with Gasteiger partial charge in [-0.15, -0.1) is 0 Å². The van der Waals surface area contributed by atoms with Crippen molar-refractivity contribution in [1.29, 1.82) is 0 Å². The van der Waals surface area contributed by atoms with Crippen LogP contribution in [0.5, 0.6) is 0 Å². The van der Waals surface area contributed by atoms with Gasteiger partial charge in [-0.3, -0.25) is 9.59 Å². The van der Waals surface area contributed by atoms with Crippen LogP contribution in [0.25, 0.3) is 0 Å². The van der Waals surface area contributed by atoms with Gasteiger partial charge in [-0.05, 0) is 51.5 Å². The number of aromatic amines is 1. The van der Waals surface area contributed by atoms with Gasteiger partial charge in [0.05, 0.1) is 5.54 Å². The second-order valence-electron chi connectivity index (χ2n) is 6.24. The third-order valence-corrected chi connectivity index (χ3v) is 4.53. The summed E-state index contributed by atoms with van der Waals surface area (Å²) in [7, 11) is 0. The molecule has 116 valence electrons. The van der Waals surface area contributed by atoms with E-state index in [0.29, 0.717) is 30.1 Å². The number of aromatic nitrogens is 1. The lowest BCUT2D eigenvalue weighted by Gasteiger charge is -2.29. The van der Waals surface area contributed by atoms with Gasteiger partial charge in [-0.25, -0.2) is 0 Å². The molecule has 1 amide bonds. The first-order chi connectivity index (χ1) is 9.84. The summed E-state index contributed by atoms with van der Waals surface area (Å²) in [6, 6.07) is 0.